The van der Waals surface area contributed by atoms with E-state index in [1.165, 1.54) is 5.56 Å². The highest BCUT2D eigenvalue weighted by atomic mass is 15.1. The fourth-order valence-electron chi connectivity index (χ4n) is 2.08. The van der Waals surface area contributed by atoms with Gasteiger partial charge in [0, 0.05) is 37.5 Å². The highest BCUT2D eigenvalue weighted by Crippen LogP contribution is 2.22. The zero-order valence-corrected chi connectivity index (χ0v) is 13.1. The lowest BCUT2D eigenvalue weighted by Gasteiger charge is -2.15. The topological polar surface area (TPSA) is 62.7 Å². The van der Waals surface area contributed by atoms with Crippen LogP contribution in [0.3, 0.4) is 0 Å². The van der Waals surface area contributed by atoms with Crippen LogP contribution in [0.1, 0.15) is 36.7 Å². The van der Waals surface area contributed by atoms with Crippen molar-refractivity contribution in [3.8, 4) is 0 Å². The van der Waals surface area contributed by atoms with Gasteiger partial charge in [0.1, 0.15) is 17.5 Å². The molecule has 0 aliphatic rings. The number of hydrogen-bond donors (Lipinski definition) is 2. The van der Waals surface area contributed by atoms with Crippen LogP contribution in [0, 0.1) is 6.92 Å². The van der Waals surface area contributed by atoms with Crippen molar-refractivity contribution < 1.29 is 0 Å². The first kappa shape index (κ1) is 15.2. The van der Waals surface area contributed by atoms with Crippen LogP contribution in [0.4, 0.5) is 11.6 Å². The minimum absolute atomic E-state index is 0.304. The maximum absolute atomic E-state index is 4.64. The molecule has 2 N–H and O–H groups in total. The number of rotatable bonds is 6. The fraction of sp³-hybridized carbons (Fsp3) is 0.438. The average Bonchev–Trinajstić information content (AvgIpc) is 2.49. The van der Waals surface area contributed by atoms with Crippen molar-refractivity contribution in [2.24, 2.45) is 0 Å². The van der Waals surface area contributed by atoms with E-state index in [9.17, 15) is 0 Å². The van der Waals surface area contributed by atoms with Gasteiger partial charge in [0.05, 0.1) is 0 Å². The monoisotopic (exact) mass is 285 g/mol. The summed E-state index contributed by atoms with van der Waals surface area (Å²) in [5.74, 6) is 2.96. The molecule has 112 valence electrons. The van der Waals surface area contributed by atoms with Crippen LogP contribution >= 0.6 is 0 Å². The van der Waals surface area contributed by atoms with Gasteiger partial charge < -0.3 is 10.6 Å². The van der Waals surface area contributed by atoms with Crippen molar-refractivity contribution >= 4 is 11.6 Å². The molecule has 0 unspecified atom stereocenters. The largest absolute Gasteiger partial charge is 0.373 e. The molecule has 0 saturated heterocycles. The Morgan fingerprint density at radius 2 is 1.76 bits per heavy atom. The Hall–Kier alpha value is -2.17. The van der Waals surface area contributed by atoms with E-state index in [0.717, 1.165) is 36.0 Å². The summed E-state index contributed by atoms with van der Waals surface area (Å²) in [5, 5.41) is 6.56. The van der Waals surface area contributed by atoms with Crippen molar-refractivity contribution in [3.63, 3.8) is 0 Å². The molecule has 21 heavy (non-hydrogen) atoms. The van der Waals surface area contributed by atoms with E-state index in [2.05, 4.69) is 39.4 Å². The van der Waals surface area contributed by atoms with Crippen molar-refractivity contribution in [1.29, 1.82) is 0 Å². The quantitative estimate of drug-likeness (QED) is 0.854. The van der Waals surface area contributed by atoms with E-state index in [1.807, 2.05) is 38.5 Å². The van der Waals surface area contributed by atoms with Gasteiger partial charge in [-0.25, -0.2) is 9.97 Å². The van der Waals surface area contributed by atoms with E-state index in [4.69, 9.17) is 0 Å². The molecule has 2 aromatic heterocycles. The Morgan fingerprint density at radius 3 is 2.38 bits per heavy atom. The van der Waals surface area contributed by atoms with Crippen LogP contribution in [0.15, 0.2) is 24.5 Å². The van der Waals surface area contributed by atoms with Crippen molar-refractivity contribution in [3.05, 3.63) is 41.5 Å². The Bertz CT molecular complexity index is 581. The summed E-state index contributed by atoms with van der Waals surface area (Å²) < 4.78 is 0. The van der Waals surface area contributed by atoms with Crippen molar-refractivity contribution in [2.45, 2.75) is 33.1 Å². The van der Waals surface area contributed by atoms with Gasteiger partial charge in [-0.2, -0.15) is 0 Å². The van der Waals surface area contributed by atoms with Crippen molar-refractivity contribution in [1.82, 2.24) is 15.0 Å². The Kier molecular flexibility index (Phi) is 5.09. The first-order chi connectivity index (χ1) is 10.1. The number of nitrogens with one attached hydrogen (secondary N) is 2. The maximum Gasteiger partial charge on any atom is 0.135 e. The molecule has 0 aromatic carbocycles. The molecule has 0 amide bonds. The normalized spacial score (nSPS) is 10.7. The van der Waals surface area contributed by atoms with Gasteiger partial charge in [-0.1, -0.05) is 13.8 Å². The standard InChI is InChI=1S/C16H23N5/c1-11(2)14-20-15(17-4)12(3)16(21-14)19-10-7-13-5-8-18-9-6-13/h5-6,8-9,11H,7,10H2,1-4H3,(H2,17,19,20,21). The molecule has 2 rings (SSSR count). The van der Waals surface area contributed by atoms with Gasteiger partial charge >= 0.3 is 0 Å². The number of pyridine rings is 1. The van der Waals surface area contributed by atoms with E-state index >= 15 is 0 Å². The third-order valence-electron chi connectivity index (χ3n) is 3.37. The number of anilines is 2. The van der Waals surface area contributed by atoms with E-state index < -0.39 is 0 Å². The third kappa shape index (κ3) is 3.90. The summed E-state index contributed by atoms with van der Waals surface area (Å²) in [4.78, 5) is 13.2. The summed E-state index contributed by atoms with van der Waals surface area (Å²) in [6, 6.07) is 4.07. The minimum atomic E-state index is 0.304. The van der Waals surface area contributed by atoms with Crippen molar-refractivity contribution in [2.75, 3.05) is 24.2 Å². The van der Waals surface area contributed by atoms with E-state index in [-0.39, 0.29) is 0 Å². The SMILES string of the molecule is CNc1nc(C(C)C)nc(NCCc2ccncc2)c1C. The van der Waals surface area contributed by atoms with Crippen LogP contribution in [0.2, 0.25) is 0 Å². The van der Waals surface area contributed by atoms with Gasteiger partial charge in [0.25, 0.3) is 0 Å². The molecule has 0 fully saturated rings. The number of hydrogen-bond acceptors (Lipinski definition) is 5. The highest BCUT2D eigenvalue weighted by molar-refractivity contribution is 5.57. The second-order valence-electron chi connectivity index (χ2n) is 5.34. The van der Waals surface area contributed by atoms with Gasteiger partial charge in [-0.05, 0) is 31.0 Å². The molecule has 0 aliphatic heterocycles. The van der Waals surface area contributed by atoms with Gasteiger partial charge in [0.15, 0.2) is 0 Å². The molecular formula is C16H23N5. The lowest BCUT2D eigenvalue weighted by atomic mass is 10.2. The lowest BCUT2D eigenvalue weighted by Crippen LogP contribution is -2.12. The Balaban J connectivity index is 2.10. The summed E-state index contributed by atoms with van der Waals surface area (Å²) >= 11 is 0. The Morgan fingerprint density at radius 1 is 1.10 bits per heavy atom. The molecule has 2 aromatic rings. The molecule has 0 spiro atoms. The summed E-state index contributed by atoms with van der Waals surface area (Å²) in [5.41, 5.74) is 2.32. The zero-order valence-electron chi connectivity index (χ0n) is 13.1. The molecule has 0 bridgehead atoms. The molecule has 0 aliphatic carbocycles. The first-order valence-electron chi connectivity index (χ1n) is 7.31. The average molecular weight is 285 g/mol. The van der Waals surface area contributed by atoms with E-state index in [0.29, 0.717) is 5.92 Å². The lowest BCUT2D eigenvalue weighted by molar-refractivity contribution is 0.773. The van der Waals surface area contributed by atoms with Crippen LogP contribution in [0.25, 0.3) is 0 Å². The van der Waals surface area contributed by atoms with Gasteiger partial charge in [0.2, 0.25) is 0 Å². The summed E-state index contributed by atoms with van der Waals surface area (Å²) in [6.07, 6.45) is 4.58. The molecular weight excluding hydrogens is 262 g/mol. The highest BCUT2D eigenvalue weighted by Gasteiger charge is 2.11. The predicted molar refractivity (Wildman–Crippen MR) is 86.8 cm³/mol. The number of aromatic nitrogens is 3. The molecule has 5 nitrogen and oxygen atoms in total. The fourth-order valence-corrected chi connectivity index (χ4v) is 2.08. The molecule has 0 radical (unpaired) electrons. The molecule has 0 atom stereocenters. The number of nitrogens with zero attached hydrogens (tertiary/aromatic N) is 3. The zero-order chi connectivity index (χ0) is 15.2. The first-order valence-corrected chi connectivity index (χ1v) is 7.31. The second-order valence-corrected chi connectivity index (χ2v) is 5.34. The van der Waals surface area contributed by atoms with Crippen LogP contribution < -0.4 is 10.6 Å². The third-order valence-corrected chi connectivity index (χ3v) is 3.37. The predicted octanol–water partition coefficient (Wildman–Crippen LogP) is 3.00. The molecule has 5 heteroatoms. The van der Waals surface area contributed by atoms with Crippen LogP contribution in [-0.4, -0.2) is 28.5 Å². The van der Waals surface area contributed by atoms with Gasteiger partial charge in [-0.3, -0.25) is 4.98 Å². The van der Waals surface area contributed by atoms with E-state index in [1.54, 1.807) is 0 Å². The van der Waals surface area contributed by atoms with Crippen LogP contribution in [0.5, 0.6) is 0 Å². The Labute approximate surface area is 126 Å². The molecule has 2 heterocycles. The summed E-state index contributed by atoms with van der Waals surface area (Å²) in [6.45, 7) is 7.07. The van der Waals surface area contributed by atoms with Crippen LogP contribution in [-0.2, 0) is 6.42 Å². The molecule has 0 saturated carbocycles. The maximum atomic E-state index is 4.64. The smallest absolute Gasteiger partial charge is 0.135 e. The minimum Gasteiger partial charge on any atom is -0.373 e. The van der Waals surface area contributed by atoms with Gasteiger partial charge in [-0.15, -0.1) is 0 Å². The second kappa shape index (κ2) is 7.02. The summed E-state index contributed by atoms with van der Waals surface area (Å²) in [7, 11) is 1.89.